The van der Waals surface area contributed by atoms with E-state index in [1.807, 2.05) is 0 Å². The van der Waals surface area contributed by atoms with Gasteiger partial charge in [-0.3, -0.25) is 9.20 Å². The predicted molar refractivity (Wildman–Crippen MR) is 72.6 cm³/mol. The Morgan fingerprint density at radius 1 is 1.45 bits per heavy atom. The van der Waals surface area contributed by atoms with Crippen LogP contribution in [0.4, 0.5) is 0 Å². The Bertz CT molecular complexity index is 764. The van der Waals surface area contributed by atoms with Crippen LogP contribution < -0.4 is 5.32 Å². The molecule has 20 heavy (non-hydrogen) atoms. The lowest BCUT2D eigenvalue weighted by Gasteiger charge is -2.04. The number of hydrogen-bond donors (Lipinski definition) is 1. The third-order valence-electron chi connectivity index (χ3n) is 2.89. The van der Waals surface area contributed by atoms with E-state index < -0.39 is 0 Å². The molecule has 102 valence electrons. The molecule has 1 N–H and O–H groups in total. The smallest absolute Gasteiger partial charge is 0.270 e. The van der Waals surface area contributed by atoms with E-state index in [0.717, 1.165) is 0 Å². The number of carbonyl (C=O) groups is 1. The van der Waals surface area contributed by atoms with Crippen molar-refractivity contribution in [2.45, 2.75) is 13.5 Å². The van der Waals surface area contributed by atoms with Crippen LogP contribution in [-0.2, 0) is 6.54 Å². The van der Waals surface area contributed by atoms with Gasteiger partial charge in [0, 0.05) is 12.3 Å². The Morgan fingerprint density at radius 2 is 2.30 bits per heavy atom. The number of pyridine rings is 1. The van der Waals surface area contributed by atoms with Crippen LogP contribution in [0.15, 0.2) is 35.2 Å². The molecule has 0 aliphatic carbocycles. The van der Waals surface area contributed by atoms with Gasteiger partial charge in [-0.25, -0.2) is 4.98 Å². The number of aromatic nitrogens is 3. The van der Waals surface area contributed by atoms with Crippen molar-refractivity contribution in [1.29, 1.82) is 0 Å². The second-order valence-electron chi connectivity index (χ2n) is 4.29. The summed E-state index contributed by atoms with van der Waals surface area (Å²) < 4.78 is 6.39. The minimum atomic E-state index is -0.236. The number of carbonyl (C=O) groups excluding carboxylic acids is 1. The molecule has 6 nitrogen and oxygen atoms in total. The number of nitrogens with one attached hydrogen (secondary N) is 1. The molecule has 3 rings (SSSR count). The van der Waals surface area contributed by atoms with Crippen molar-refractivity contribution in [3.8, 4) is 0 Å². The van der Waals surface area contributed by atoms with E-state index >= 15 is 0 Å². The first kappa shape index (κ1) is 12.7. The van der Waals surface area contributed by atoms with Crippen molar-refractivity contribution in [2.75, 3.05) is 0 Å². The summed E-state index contributed by atoms with van der Waals surface area (Å²) in [6, 6.07) is 5.20. The summed E-state index contributed by atoms with van der Waals surface area (Å²) in [5.41, 5.74) is 2.44. The average Bonchev–Trinajstić information content (AvgIpc) is 3.02. The molecule has 1 amide bonds. The van der Waals surface area contributed by atoms with E-state index in [-0.39, 0.29) is 5.91 Å². The van der Waals surface area contributed by atoms with Gasteiger partial charge in [-0.2, -0.15) is 0 Å². The van der Waals surface area contributed by atoms with Crippen molar-refractivity contribution in [1.82, 2.24) is 19.9 Å². The number of rotatable bonds is 3. The summed E-state index contributed by atoms with van der Waals surface area (Å²) in [5, 5.41) is 7.05. The number of imidazole rings is 1. The molecular weight excluding hydrogens is 280 g/mol. The van der Waals surface area contributed by atoms with E-state index in [1.165, 1.54) is 6.26 Å². The Labute approximate surface area is 119 Å². The minimum Gasteiger partial charge on any atom is -0.364 e. The molecule has 0 spiro atoms. The maximum Gasteiger partial charge on any atom is 0.270 e. The SMILES string of the molecule is Cc1nc2ccc(Cl)cn2c1C(=O)NCc1ccon1. The van der Waals surface area contributed by atoms with Crippen LogP contribution in [-0.4, -0.2) is 20.4 Å². The van der Waals surface area contributed by atoms with Crippen molar-refractivity contribution in [2.24, 2.45) is 0 Å². The molecule has 3 heterocycles. The fourth-order valence-corrected chi connectivity index (χ4v) is 2.15. The number of halogens is 1. The predicted octanol–water partition coefficient (Wildman–Crippen LogP) is 2.21. The summed E-state index contributed by atoms with van der Waals surface area (Å²) >= 11 is 5.96. The molecule has 0 aliphatic rings. The highest BCUT2D eigenvalue weighted by Gasteiger charge is 2.16. The molecule has 0 unspecified atom stereocenters. The first-order chi connectivity index (χ1) is 9.65. The number of nitrogens with zero attached hydrogens (tertiary/aromatic N) is 3. The van der Waals surface area contributed by atoms with Gasteiger partial charge in [-0.05, 0) is 19.1 Å². The fraction of sp³-hybridized carbons (Fsp3) is 0.154. The van der Waals surface area contributed by atoms with Crippen LogP contribution in [0.3, 0.4) is 0 Å². The van der Waals surface area contributed by atoms with E-state index in [0.29, 0.717) is 34.3 Å². The number of aryl methyl sites for hydroxylation is 1. The van der Waals surface area contributed by atoms with Crippen molar-refractivity contribution < 1.29 is 9.32 Å². The van der Waals surface area contributed by atoms with Crippen LogP contribution in [0.25, 0.3) is 5.65 Å². The van der Waals surface area contributed by atoms with Crippen molar-refractivity contribution in [3.05, 3.63) is 52.8 Å². The fourth-order valence-electron chi connectivity index (χ4n) is 1.99. The van der Waals surface area contributed by atoms with Crippen LogP contribution in [0.5, 0.6) is 0 Å². The van der Waals surface area contributed by atoms with Crippen LogP contribution in [0.2, 0.25) is 5.02 Å². The molecule has 3 aromatic rings. The van der Waals surface area contributed by atoms with Gasteiger partial charge in [0.1, 0.15) is 23.3 Å². The highest BCUT2D eigenvalue weighted by molar-refractivity contribution is 6.30. The standard InChI is InChI=1S/C13H11ClN4O2/c1-8-12(13(19)15-6-10-4-5-20-17-10)18-7-9(14)2-3-11(18)16-8/h2-5,7H,6H2,1H3,(H,15,19). The summed E-state index contributed by atoms with van der Waals surface area (Å²) in [5.74, 6) is -0.236. The second kappa shape index (κ2) is 4.97. The van der Waals surface area contributed by atoms with Gasteiger partial charge in [0.15, 0.2) is 0 Å². The van der Waals surface area contributed by atoms with Gasteiger partial charge in [0.2, 0.25) is 0 Å². The normalized spacial score (nSPS) is 10.9. The lowest BCUT2D eigenvalue weighted by molar-refractivity contribution is 0.0943. The topological polar surface area (TPSA) is 72.4 Å². The number of hydrogen-bond acceptors (Lipinski definition) is 4. The molecule has 3 aromatic heterocycles. The van der Waals surface area contributed by atoms with Crippen molar-refractivity contribution >= 4 is 23.2 Å². The lowest BCUT2D eigenvalue weighted by atomic mass is 10.3. The molecule has 0 aliphatic heterocycles. The third kappa shape index (κ3) is 2.25. The molecule has 7 heteroatoms. The highest BCUT2D eigenvalue weighted by Crippen LogP contribution is 2.16. The van der Waals surface area contributed by atoms with Gasteiger partial charge in [0.05, 0.1) is 17.3 Å². The van der Waals surface area contributed by atoms with E-state index in [4.69, 9.17) is 16.1 Å². The van der Waals surface area contributed by atoms with Crippen LogP contribution in [0.1, 0.15) is 21.9 Å². The third-order valence-corrected chi connectivity index (χ3v) is 3.12. The quantitative estimate of drug-likeness (QED) is 0.803. The summed E-state index contributed by atoms with van der Waals surface area (Å²) in [4.78, 5) is 16.6. The summed E-state index contributed by atoms with van der Waals surface area (Å²) in [7, 11) is 0. The Hall–Kier alpha value is -2.34. The van der Waals surface area contributed by atoms with Gasteiger partial charge in [0.25, 0.3) is 5.91 Å². The van der Waals surface area contributed by atoms with Crippen LogP contribution in [0, 0.1) is 6.92 Å². The minimum absolute atomic E-state index is 0.236. The number of amides is 1. The number of fused-ring (bicyclic) bond motifs is 1. The van der Waals surface area contributed by atoms with E-state index in [9.17, 15) is 4.79 Å². The largest absolute Gasteiger partial charge is 0.364 e. The monoisotopic (exact) mass is 290 g/mol. The maximum atomic E-state index is 12.3. The molecule has 0 bridgehead atoms. The zero-order chi connectivity index (χ0) is 14.1. The highest BCUT2D eigenvalue weighted by atomic mass is 35.5. The molecule has 0 aromatic carbocycles. The molecule has 0 radical (unpaired) electrons. The Morgan fingerprint density at radius 3 is 3.05 bits per heavy atom. The van der Waals surface area contributed by atoms with Gasteiger partial charge in [-0.15, -0.1) is 0 Å². The van der Waals surface area contributed by atoms with Crippen molar-refractivity contribution in [3.63, 3.8) is 0 Å². The molecule has 0 fully saturated rings. The Balaban J connectivity index is 1.90. The zero-order valence-electron chi connectivity index (χ0n) is 10.6. The maximum absolute atomic E-state index is 12.3. The molecule has 0 saturated carbocycles. The lowest BCUT2D eigenvalue weighted by Crippen LogP contribution is -2.25. The molecular formula is C13H11ClN4O2. The summed E-state index contributed by atoms with van der Waals surface area (Å²) in [6.07, 6.45) is 3.13. The van der Waals surface area contributed by atoms with E-state index in [1.54, 1.807) is 35.7 Å². The summed E-state index contributed by atoms with van der Waals surface area (Å²) in [6.45, 7) is 2.08. The van der Waals surface area contributed by atoms with Gasteiger partial charge < -0.3 is 9.84 Å². The Kier molecular flexibility index (Phi) is 3.15. The average molecular weight is 291 g/mol. The van der Waals surface area contributed by atoms with Gasteiger partial charge >= 0.3 is 0 Å². The van der Waals surface area contributed by atoms with Gasteiger partial charge in [-0.1, -0.05) is 16.8 Å². The zero-order valence-corrected chi connectivity index (χ0v) is 11.4. The molecule has 0 saturated heterocycles. The first-order valence-corrected chi connectivity index (χ1v) is 6.34. The van der Waals surface area contributed by atoms with E-state index in [2.05, 4.69) is 15.5 Å². The molecule has 0 atom stereocenters. The van der Waals surface area contributed by atoms with Crippen LogP contribution >= 0.6 is 11.6 Å². The second-order valence-corrected chi connectivity index (χ2v) is 4.73. The first-order valence-electron chi connectivity index (χ1n) is 5.97.